The number of rotatable bonds is 5. The molecule has 1 saturated heterocycles. The van der Waals surface area contributed by atoms with Crippen LogP contribution < -0.4 is 10.1 Å². The molecule has 2 atom stereocenters. The maximum absolute atomic E-state index is 13.2. The summed E-state index contributed by atoms with van der Waals surface area (Å²) in [7, 11) is 0. The van der Waals surface area contributed by atoms with Crippen molar-refractivity contribution in [2.24, 2.45) is 0 Å². The molecule has 1 aromatic carbocycles. The van der Waals surface area contributed by atoms with Crippen molar-refractivity contribution in [3.63, 3.8) is 0 Å². The molecular formula is C14H16FN5O3. The standard InChI is InChI=1S/C14H16FN5O3/c15-10-2-1-3-11(6-10)23-13-4-5-22-8-12(13)17-14(21)7-20-9-16-18-19-20/h1-3,6,9,12-13H,4-5,7-8H2,(H,17,21)/t12-,13+/m1/s1. The van der Waals surface area contributed by atoms with E-state index in [0.29, 0.717) is 25.4 Å². The molecule has 1 aliphatic rings. The van der Waals surface area contributed by atoms with Crippen molar-refractivity contribution in [2.45, 2.75) is 25.1 Å². The normalized spacial score (nSPS) is 20.9. The molecule has 0 aliphatic carbocycles. The number of benzene rings is 1. The van der Waals surface area contributed by atoms with E-state index in [1.807, 2.05) is 0 Å². The number of carbonyl (C=O) groups is 1. The van der Waals surface area contributed by atoms with E-state index in [1.165, 1.54) is 23.1 Å². The highest BCUT2D eigenvalue weighted by Gasteiger charge is 2.29. The Morgan fingerprint density at radius 2 is 2.43 bits per heavy atom. The van der Waals surface area contributed by atoms with Gasteiger partial charge in [-0.3, -0.25) is 4.79 Å². The molecule has 0 spiro atoms. The second-order valence-corrected chi connectivity index (χ2v) is 5.16. The summed E-state index contributed by atoms with van der Waals surface area (Å²) in [6.07, 6.45) is 1.67. The maximum Gasteiger partial charge on any atom is 0.242 e. The number of halogens is 1. The number of nitrogens with zero attached hydrogens (tertiary/aromatic N) is 4. The minimum Gasteiger partial charge on any atom is -0.488 e. The summed E-state index contributed by atoms with van der Waals surface area (Å²) in [5.74, 6) is -0.189. The molecule has 0 unspecified atom stereocenters. The van der Waals surface area contributed by atoms with Crippen LogP contribution in [0.2, 0.25) is 0 Å². The third kappa shape index (κ3) is 4.22. The minimum atomic E-state index is -0.367. The summed E-state index contributed by atoms with van der Waals surface area (Å²) in [4.78, 5) is 12.0. The lowest BCUT2D eigenvalue weighted by Gasteiger charge is -2.32. The Balaban J connectivity index is 1.60. The van der Waals surface area contributed by atoms with Crippen LogP contribution in [0, 0.1) is 5.82 Å². The fourth-order valence-corrected chi connectivity index (χ4v) is 2.36. The topological polar surface area (TPSA) is 91.2 Å². The van der Waals surface area contributed by atoms with Gasteiger partial charge >= 0.3 is 0 Å². The summed E-state index contributed by atoms with van der Waals surface area (Å²) in [5.41, 5.74) is 0. The van der Waals surface area contributed by atoms with Gasteiger partial charge in [-0.15, -0.1) is 5.10 Å². The van der Waals surface area contributed by atoms with Crippen molar-refractivity contribution in [2.75, 3.05) is 13.2 Å². The molecule has 0 bridgehead atoms. The van der Waals surface area contributed by atoms with Crippen LogP contribution in [0.1, 0.15) is 6.42 Å². The zero-order valence-electron chi connectivity index (χ0n) is 12.3. The molecule has 3 rings (SSSR count). The van der Waals surface area contributed by atoms with Crippen LogP contribution >= 0.6 is 0 Å². The first-order valence-corrected chi connectivity index (χ1v) is 7.21. The predicted molar refractivity (Wildman–Crippen MR) is 76.0 cm³/mol. The zero-order chi connectivity index (χ0) is 16.1. The lowest BCUT2D eigenvalue weighted by Crippen LogP contribution is -2.52. The fraction of sp³-hybridized carbons (Fsp3) is 0.429. The van der Waals surface area contributed by atoms with E-state index < -0.39 is 0 Å². The maximum atomic E-state index is 13.2. The minimum absolute atomic E-state index is 0.0101. The van der Waals surface area contributed by atoms with Gasteiger partial charge in [-0.2, -0.15) is 0 Å². The van der Waals surface area contributed by atoms with Gasteiger partial charge in [0, 0.05) is 12.5 Å². The van der Waals surface area contributed by atoms with Crippen LogP contribution in [0.3, 0.4) is 0 Å². The van der Waals surface area contributed by atoms with E-state index in [2.05, 4.69) is 20.8 Å². The second kappa shape index (κ2) is 7.14. The molecular weight excluding hydrogens is 305 g/mol. The van der Waals surface area contributed by atoms with Crippen LogP contribution in [0.25, 0.3) is 0 Å². The van der Waals surface area contributed by atoms with E-state index in [9.17, 15) is 9.18 Å². The Morgan fingerprint density at radius 3 is 3.22 bits per heavy atom. The molecule has 1 aromatic heterocycles. The van der Waals surface area contributed by atoms with Crippen molar-refractivity contribution in [3.05, 3.63) is 36.4 Å². The Kier molecular flexibility index (Phi) is 4.77. The summed E-state index contributed by atoms with van der Waals surface area (Å²) in [6.45, 7) is 0.872. The van der Waals surface area contributed by atoms with E-state index in [4.69, 9.17) is 9.47 Å². The van der Waals surface area contributed by atoms with Gasteiger partial charge in [0.05, 0.1) is 19.3 Å². The number of aromatic nitrogens is 4. The van der Waals surface area contributed by atoms with E-state index in [1.54, 1.807) is 12.1 Å². The molecule has 2 heterocycles. The molecule has 1 fully saturated rings. The number of hydrogen-bond acceptors (Lipinski definition) is 6. The molecule has 23 heavy (non-hydrogen) atoms. The average molecular weight is 321 g/mol. The van der Waals surface area contributed by atoms with Crippen LogP contribution in [-0.2, 0) is 16.1 Å². The molecule has 9 heteroatoms. The van der Waals surface area contributed by atoms with E-state index in [-0.39, 0.29) is 30.4 Å². The first kappa shape index (κ1) is 15.3. The number of hydrogen-bond donors (Lipinski definition) is 1. The van der Waals surface area contributed by atoms with Gasteiger partial charge in [0.15, 0.2) is 0 Å². The summed E-state index contributed by atoms with van der Waals surface area (Å²) < 4.78 is 25.8. The van der Waals surface area contributed by atoms with Gasteiger partial charge in [-0.25, -0.2) is 9.07 Å². The van der Waals surface area contributed by atoms with Crippen molar-refractivity contribution in [3.8, 4) is 5.75 Å². The highest BCUT2D eigenvalue weighted by molar-refractivity contribution is 5.76. The van der Waals surface area contributed by atoms with Gasteiger partial charge in [-0.05, 0) is 22.6 Å². The molecule has 2 aromatic rings. The number of carbonyl (C=O) groups excluding carboxylic acids is 1. The highest BCUT2D eigenvalue weighted by Crippen LogP contribution is 2.19. The molecule has 0 radical (unpaired) electrons. The average Bonchev–Trinajstić information content (AvgIpc) is 3.02. The van der Waals surface area contributed by atoms with Crippen molar-refractivity contribution < 1.29 is 18.7 Å². The van der Waals surface area contributed by atoms with Crippen molar-refractivity contribution in [1.82, 2.24) is 25.5 Å². The molecule has 1 N–H and O–H groups in total. The second-order valence-electron chi connectivity index (χ2n) is 5.16. The SMILES string of the molecule is O=C(Cn1cnnn1)N[C@@H]1COCC[C@@H]1Oc1cccc(F)c1. The van der Waals surface area contributed by atoms with Crippen LogP contribution in [0.4, 0.5) is 4.39 Å². The summed E-state index contributed by atoms with van der Waals surface area (Å²) in [6, 6.07) is 5.60. The van der Waals surface area contributed by atoms with Crippen LogP contribution in [-0.4, -0.2) is 51.5 Å². The Morgan fingerprint density at radius 1 is 1.52 bits per heavy atom. The first-order chi connectivity index (χ1) is 11.2. The number of nitrogens with one attached hydrogen (secondary N) is 1. The number of tetrazole rings is 1. The van der Waals surface area contributed by atoms with Gasteiger partial charge in [0.2, 0.25) is 5.91 Å². The number of amides is 1. The van der Waals surface area contributed by atoms with Gasteiger partial charge < -0.3 is 14.8 Å². The summed E-state index contributed by atoms with van der Waals surface area (Å²) in [5, 5.41) is 13.4. The monoisotopic (exact) mass is 321 g/mol. The molecule has 8 nitrogen and oxygen atoms in total. The lowest BCUT2D eigenvalue weighted by molar-refractivity contribution is -0.125. The zero-order valence-corrected chi connectivity index (χ0v) is 12.3. The van der Waals surface area contributed by atoms with Crippen molar-refractivity contribution in [1.29, 1.82) is 0 Å². The molecule has 1 aliphatic heterocycles. The predicted octanol–water partition coefficient (Wildman–Crippen LogP) is 0.165. The van der Waals surface area contributed by atoms with Gasteiger partial charge in [0.25, 0.3) is 0 Å². The van der Waals surface area contributed by atoms with Crippen LogP contribution in [0.15, 0.2) is 30.6 Å². The highest BCUT2D eigenvalue weighted by atomic mass is 19.1. The van der Waals surface area contributed by atoms with Gasteiger partial charge in [-0.1, -0.05) is 6.07 Å². The molecule has 122 valence electrons. The third-order valence-corrected chi connectivity index (χ3v) is 3.42. The number of ether oxygens (including phenoxy) is 2. The Labute approximate surface area is 131 Å². The van der Waals surface area contributed by atoms with Crippen LogP contribution in [0.5, 0.6) is 5.75 Å². The lowest BCUT2D eigenvalue weighted by atomic mass is 10.1. The van der Waals surface area contributed by atoms with E-state index in [0.717, 1.165) is 0 Å². The first-order valence-electron chi connectivity index (χ1n) is 7.21. The van der Waals surface area contributed by atoms with E-state index >= 15 is 0 Å². The summed E-state index contributed by atoms with van der Waals surface area (Å²) >= 11 is 0. The molecule has 0 saturated carbocycles. The fourth-order valence-electron chi connectivity index (χ4n) is 2.36. The Bertz CT molecular complexity index is 652. The largest absolute Gasteiger partial charge is 0.488 e. The molecule has 1 amide bonds. The quantitative estimate of drug-likeness (QED) is 0.844. The van der Waals surface area contributed by atoms with Crippen molar-refractivity contribution >= 4 is 5.91 Å². The Hall–Kier alpha value is -2.55. The van der Waals surface area contributed by atoms with Gasteiger partial charge in [0.1, 0.15) is 30.5 Å². The smallest absolute Gasteiger partial charge is 0.242 e. The third-order valence-electron chi connectivity index (χ3n) is 3.42.